The highest BCUT2D eigenvalue weighted by atomic mass is 16.1. The van der Waals surface area contributed by atoms with Gasteiger partial charge in [0.25, 0.3) is 0 Å². The Kier molecular flexibility index (Phi) is 3.28. The van der Waals surface area contributed by atoms with Gasteiger partial charge in [0.2, 0.25) is 0 Å². The zero-order valence-corrected chi connectivity index (χ0v) is 13.2. The van der Waals surface area contributed by atoms with Gasteiger partial charge in [-0.2, -0.15) is 0 Å². The van der Waals surface area contributed by atoms with Crippen molar-refractivity contribution < 1.29 is 9.59 Å². The molecule has 0 fully saturated rings. The molecule has 0 aliphatic heterocycles. The van der Waals surface area contributed by atoms with E-state index in [0.717, 1.165) is 11.3 Å². The van der Waals surface area contributed by atoms with Gasteiger partial charge in [0.05, 0.1) is 11.3 Å². The molecule has 3 aromatic carbocycles. The lowest BCUT2D eigenvalue weighted by molar-refractivity contribution is 0.0979. The molecule has 0 saturated carbocycles. The van der Waals surface area contributed by atoms with Crippen molar-refractivity contribution in [2.24, 2.45) is 0 Å². The fourth-order valence-corrected chi connectivity index (χ4v) is 3.13. The second-order valence-electron chi connectivity index (χ2n) is 5.93. The van der Waals surface area contributed by atoms with Gasteiger partial charge in [-0.3, -0.25) is 9.59 Å². The quantitative estimate of drug-likeness (QED) is 0.592. The van der Waals surface area contributed by atoms with E-state index in [4.69, 9.17) is 0 Å². The molecular weight excluding hydrogens is 298 g/mol. The van der Waals surface area contributed by atoms with Crippen LogP contribution in [0.15, 0.2) is 66.7 Å². The number of anilines is 2. The molecule has 0 aromatic heterocycles. The van der Waals surface area contributed by atoms with Gasteiger partial charge in [-0.1, -0.05) is 48.5 Å². The van der Waals surface area contributed by atoms with Gasteiger partial charge in [-0.25, -0.2) is 0 Å². The maximum absolute atomic E-state index is 12.9. The maximum atomic E-state index is 12.9. The van der Waals surface area contributed by atoms with E-state index in [1.165, 1.54) is 0 Å². The van der Waals surface area contributed by atoms with Gasteiger partial charge in [0.1, 0.15) is 0 Å². The molecule has 24 heavy (non-hydrogen) atoms. The molecule has 116 valence electrons. The second kappa shape index (κ2) is 5.46. The van der Waals surface area contributed by atoms with Crippen molar-refractivity contribution in [3.63, 3.8) is 0 Å². The highest BCUT2D eigenvalue weighted by Gasteiger charge is 2.31. The monoisotopic (exact) mass is 313 g/mol. The summed E-state index contributed by atoms with van der Waals surface area (Å²) in [5.41, 5.74) is 4.52. The maximum Gasteiger partial charge on any atom is 0.196 e. The molecule has 1 aliphatic rings. The second-order valence-corrected chi connectivity index (χ2v) is 5.93. The van der Waals surface area contributed by atoms with E-state index in [1.54, 1.807) is 36.4 Å². The van der Waals surface area contributed by atoms with Crippen LogP contribution in [0.5, 0.6) is 0 Å². The van der Waals surface area contributed by atoms with Crippen LogP contribution in [-0.2, 0) is 0 Å². The smallest absolute Gasteiger partial charge is 0.196 e. The lowest BCUT2D eigenvalue weighted by atomic mass is 9.83. The Morgan fingerprint density at radius 1 is 0.708 bits per heavy atom. The topological polar surface area (TPSA) is 46.2 Å². The van der Waals surface area contributed by atoms with Crippen LogP contribution >= 0.6 is 0 Å². The summed E-state index contributed by atoms with van der Waals surface area (Å²) in [6.45, 7) is 2.01. The number of aryl methyl sites for hydroxylation is 1. The van der Waals surface area contributed by atoms with Crippen molar-refractivity contribution >= 4 is 22.9 Å². The van der Waals surface area contributed by atoms with Crippen LogP contribution in [0.25, 0.3) is 0 Å². The largest absolute Gasteiger partial charge is 0.355 e. The van der Waals surface area contributed by atoms with E-state index >= 15 is 0 Å². The molecule has 0 radical (unpaired) electrons. The minimum atomic E-state index is -0.115. The third-order valence-corrected chi connectivity index (χ3v) is 4.25. The Balaban J connectivity index is 1.85. The zero-order chi connectivity index (χ0) is 16.7. The summed E-state index contributed by atoms with van der Waals surface area (Å²) in [5, 5.41) is 3.28. The van der Waals surface area contributed by atoms with Gasteiger partial charge in [-0.05, 0) is 30.7 Å². The number of benzene rings is 3. The number of fused-ring (bicyclic) bond motifs is 2. The molecule has 0 saturated heterocycles. The van der Waals surface area contributed by atoms with Gasteiger partial charge in [-0.15, -0.1) is 0 Å². The van der Waals surface area contributed by atoms with Crippen molar-refractivity contribution in [3.8, 4) is 0 Å². The Hall–Kier alpha value is -3.20. The first kappa shape index (κ1) is 14.4. The van der Waals surface area contributed by atoms with Crippen LogP contribution < -0.4 is 5.32 Å². The van der Waals surface area contributed by atoms with E-state index in [-0.39, 0.29) is 11.6 Å². The molecule has 3 aromatic rings. The Bertz CT molecular complexity index is 989. The minimum absolute atomic E-state index is 0.104. The van der Waals surface area contributed by atoms with Crippen molar-refractivity contribution in [1.29, 1.82) is 0 Å². The third-order valence-electron chi connectivity index (χ3n) is 4.25. The summed E-state index contributed by atoms with van der Waals surface area (Å²) < 4.78 is 0. The van der Waals surface area contributed by atoms with Crippen LogP contribution in [0.2, 0.25) is 0 Å². The zero-order valence-electron chi connectivity index (χ0n) is 13.2. The van der Waals surface area contributed by atoms with Crippen molar-refractivity contribution in [1.82, 2.24) is 0 Å². The summed E-state index contributed by atoms with van der Waals surface area (Å²) in [6.07, 6.45) is 0. The summed E-state index contributed by atoms with van der Waals surface area (Å²) in [5.74, 6) is -0.218. The van der Waals surface area contributed by atoms with E-state index in [9.17, 15) is 9.59 Å². The van der Waals surface area contributed by atoms with Gasteiger partial charge in [0, 0.05) is 22.4 Å². The predicted octanol–water partition coefficient (Wildman–Crippen LogP) is 4.51. The molecule has 3 nitrogen and oxygen atoms in total. The minimum Gasteiger partial charge on any atom is -0.355 e. The number of hydrogen-bond acceptors (Lipinski definition) is 3. The number of nitrogens with one attached hydrogen (secondary N) is 1. The molecule has 0 unspecified atom stereocenters. The molecule has 0 heterocycles. The predicted molar refractivity (Wildman–Crippen MR) is 94.2 cm³/mol. The first-order valence-electron chi connectivity index (χ1n) is 7.80. The lowest BCUT2D eigenvalue weighted by Crippen LogP contribution is -2.22. The molecule has 3 heteroatoms. The number of hydrogen-bond donors (Lipinski definition) is 1. The van der Waals surface area contributed by atoms with Crippen LogP contribution in [-0.4, -0.2) is 11.6 Å². The molecule has 0 atom stereocenters. The Labute approximate surface area is 140 Å². The molecule has 0 spiro atoms. The first-order valence-corrected chi connectivity index (χ1v) is 7.80. The van der Waals surface area contributed by atoms with E-state index in [1.807, 2.05) is 37.3 Å². The van der Waals surface area contributed by atoms with Crippen molar-refractivity contribution in [3.05, 3.63) is 94.5 Å². The summed E-state index contributed by atoms with van der Waals surface area (Å²) >= 11 is 0. The van der Waals surface area contributed by atoms with Crippen LogP contribution in [0.3, 0.4) is 0 Å². The van der Waals surface area contributed by atoms with Gasteiger partial charge < -0.3 is 5.32 Å². The highest BCUT2D eigenvalue weighted by molar-refractivity contribution is 6.30. The summed E-state index contributed by atoms with van der Waals surface area (Å²) in [4.78, 5) is 25.7. The number of carbonyl (C=O) groups is 2. The molecular formula is C21H15NO2. The summed E-state index contributed by atoms with van der Waals surface area (Å²) in [7, 11) is 0. The molecule has 1 N–H and O–H groups in total. The molecule has 0 amide bonds. The fraction of sp³-hybridized carbons (Fsp3) is 0.0476. The average Bonchev–Trinajstić information content (AvgIpc) is 2.60. The lowest BCUT2D eigenvalue weighted by Gasteiger charge is -2.20. The first-order chi connectivity index (χ1) is 11.6. The average molecular weight is 313 g/mol. The summed E-state index contributed by atoms with van der Waals surface area (Å²) in [6, 6.07) is 20.2. The molecule has 1 aliphatic carbocycles. The molecule has 4 rings (SSSR count). The third kappa shape index (κ3) is 2.22. The van der Waals surface area contributed by atoms with Crippen LogP contribution in [0.4, 0.5) is 11.4 Å². The SMILES string of the molecule is Cc1cccc(Nc2cccc3c2C(=O)c2ccccc2C3=O)c1. The Morgan fingerprint density at radius 2 is 1.38 bits per heavy atom. The number of carbonyl (C=O) groups excluding carboxylic acids is 2. The normalized spacial score (nSPS) is 12.5. The van der Waals surface area contributed by atoms with Crippen LogP contribution in [0, 0.1) is 6.92 Å². The highest BCUT2D eigenvalue weighted by Crippen LogP contribution is 2.33. The van der Waals surface area contributed by atoms with Gasteiger partial charge >= 0.3 is 0 Å². The standard InChI is InChI=1S/C21H15NO2/c1-13-6-4-7-14(12-13)22-18-11-5-10-17-19(18)21(24)16-9-3-2-8-15(16)20(17)23/h2-12,22H,1H3. The Morgan fingerprint density at radius 3 is 2.12 bits per heavy atom. The molecule has 0 bridgehead atoms. The number of ketones is 2. The van der Waals surface area contributed by atoms with Crippen LogP contribution in [0.1, 0.15) is 37.4 Å². The van der Waals surface area contributed by atoms with Crippen molar-refractivity contribution in [2.45, 2.75) is 6.92 Å². The number of rotatable bonds is 2. The van der Waals surface area contributed by atoms with Gasteiger partial charge in [0.15, 0.2) is 11.6 Å². The van der Waals surface area contributed by atoms with E-state index in [2.05, 4.69) is 5.32 Å². The van der Waals surface area contributed by atoms with E-state index < -0.39 is 0 Å². The van der Waals surface area contributed by atoms with E-state index in [0.29, 0.717) is 27.9 Å². The fourth-order valence-electron chi connectivity index (χ4n) is 3.13. The van der Waals surface area contributed by atoms with Crippen molar-refractivity contribution in [2.75, 3.05) is 5.32 Å².